The standard InChI is InChI=1S/C11H11NO2S/c1-13-10-4-2-3-5-11(10)14-6-9-7-15-8-12-9/h2-5,7-8H,6H2,1H3. The van der Waals surface area contributed by atoms with E-state index in [4.69, 9.17) is 9.47 Å². The maximum absolute atomic E-state index is 5.59. The minimum absolute atomic E-state index is 0.476. The van der Waals surface area contributed by atoms with Crippen LogP contribution in [0.15, 0.2) is 35.2 Å². The number of thiazole rings is 1. The highest BCUT2D eigenvalue weighted by Gasteiger charge is 2.03. The molecule has 2 aromatic rings. The molecule has 1 aromatic carbocycles. The summed E-state index contributed by atoms with van der Waals surface area (Å²) >= 11 is 1.56. The van der Waals surface area contributed by atoms with Crippen LogP contribution in [0.4, 0.5) is 0 Å². The molecule has 0 spiro atoms. The Morgan fingerprint density at radius 3 is 2.73 bits per heavy atom. The van der Waals surface area contributed by atoms with E-state index < -0.39 is 0 Å². The molecule has 0 aliphatic carbocycles. The van der Waals surface area contributed by atoms with Gasteiger partial charge in [-0.2, -0.15) is 0 Å². The fourth-order valence-electron chi connectivity index (χ4n) is 1.20. The summed E-state index contributed by atoms with van der Waals surface area (Å²) in [6.45, 7) is 0.476. The molecule has 0 saturated carbocycles. The van der Waals surface area contributed by atoms with Gasteiger partial charge in [0.2, 0.25) is 0 Å². The smallest absolute Gasteiger partial charge is 0.161 e. The third kappa shape index (κ3) is 2.47. The molecule has 4 heteroatoms. The lowest BCUT2D eigenvalue weighted by atomic mass is 10.3. The van der Waals surface area contributed by atoms with E-state index in [1.807, 2.05) is 29.6 Å². The quantitative estimate of drug-likeness (QED) is 0.795. The van der Waals surface area contributed by atoms with E-state index in [-0.39, 0.29) is 0 Å². The molecule has 15 heavy (non-hydrogen) atoms. The van der Waals surface area contributed by atoms with Crippen LogP contribution in [0.25, 0.3) is 0 Å². The van der Waals surface area contributed by atoms with E-state index in [1.54, 1.807) is 24.0 Å². The second-order valence-electron chi connectivity index (χ2n) is 2.92. The monoisotopic (exact) mass is 221 g/mol. The van der Waals surface area contributed by atoms with Gasteiger partial charge in [0.15, 0.2) is 11.5 Å². The van der Waals surface area contributed by atoms with Crippen molar-refractivity contribution in [3.8, 4) is 11.5 Å². The minimum atomic E-state index is 0.476. The maximum Gasteiger partial charge on any atom is 0.161 e. The highest BCUT2D eigenvalue weighted by Crippen LogP contribution is 2.26. The number of methoxy groups -OCH3 is 1. The predicted molar refractivity (Wildman–Crippen MR) is 59.4 cm³/mol. The van der Waals surface area contributed by atoms with Gasteiger partial charge in [-0.05, 0) is 12.1 Å². The second-order valence-corrected chi connectivity index (χ2v) is 3.64. The molecule has 2 rings (SSSR count). The highest BCUT2D eigenvalue weighted by molar-refractivity contribution is 7.07. The first-order valence-corrected chi connectivity index (χ1v) is 5.47. The normalized spacial score (nSPS) is 9.93. The van der Waals surface area contributed by atoms with E-state index in [9.17, 15) is 0 Å². The Morgan fingerprint density at radius 2 is 2.07 bits per heavy atom. The van der Waals surface area contributed by atoms with Crippen molar-refractivity contribution in [2.24, 2.45) is 0 Å². The molecule has 0 radical (unpaired) electrons. The van der Waals surface area contributed by atoms with Crippen molar-refractivity contribution in [1.82, 2.24) is 4.98 Å². The van der Waals surface area contributed by atoms with Gasteiger partial charge in [0, 0.05) is 5.38 Å². The molecule has 0 bridgehead atoms. The fraction of sp³-hybridized carbons (Fsp3) is 0.182. The average Bonchev–Trinajstić information content (AvgIpc) is 2.79. The Balaban J connectivity index is 2.04. The highest BCUT2D eigenvalue weighted by atomic mass is 32.1. The van der Waals surface area contributed by atoms with Gasteiger partial charge in [0.05, 0.1) is 18.3 Å². The number of ether oxygens (including phenoxy) is 2. The van der Waals surface area contributed by atoms with Gasteiger partial charge in [0.25, 0.3) is 0 Å². The third-order valence-electron chi connectivity index (χ3n) is 1.93. The Labute approximate surface area is 92.3 Å². The molecule has 0 N–H and O–H groups in total. The molecule has 1 heterocycles. The average molecular weight is 221 g/mol. The van der Waals surface area contributed by atoms with Gasteiger partial charge in [0.1, 0.15) is 6.61 Å². The van der Waals surface area contributed by atoms with Crippen molar-refractivity contribution >= 4 is 11.3 Å². The molecule has 0 atom stereocenters. The van der Waals surface area contributed by atoms with E-state index in [0.717, 1.165) is 17.2 Å². The first-order valence-electron chi connectivity index (χ1n) is 4.53. The zero-order valence-corrected chi connectivity index (χ0v) is 9.16. The number of para-hydroxylation sites is 2. The topological polar surface area (TPSA) is 31.4 Å². The van der Waals surface area contributed by atoms with Crippen molar-refractivity contribution in [2.45, 2.75) is 6.61 Å². The number of nitrogens with zero attached hydrogens (tertiary/aromatic N) is 1. The van der Waals surface area contributed by atoms with Crippen LogP contribution in [0, 0.1) is 0 Å². The summed E-state index contributed by atoms with van der Waals surface area (Å²) in [5.41, 5.74) is 2.73. The van der Waals surface area contributed by atoms with Gasteiger partial charge >= 0.3 is 0 Å². The SMILES string of the molecule is COc1ccccc1OCc1cscn1. The van der Waals surface area contributed by atoms with E-state index in [1.165, 1.54) is 0 Å². The molecule has 0 unspecified atom stereocenters. The molecule has 1 aromatic heterocycles. The van der Waals surface area contributed by atoms with E-state index in [2.05, 4.69) is 4.98 Å². The number of aromatic nitrogens is 1. The predicted octanol–water partition coefficient (Wildman–Crippen LogP) is 2.73. The number of hydrogen-bond donors (Lipinski definition) is 0. The van der Waals surface area contributed by atoms with Crippen LogP contribution in [0.1, 0.15) is 5.69 Å². The summed E-state index contributed by atoms with van der Waals surface area (Å²) in [6, 6.07) is 7.58. The molecule has 78 valence electrons. The molecule has 0 fully saturated rings. The number of benzene rings is 1. The molecular weight excluding hydrogens is 210 g/mol. The summed E-state index contributed by atoms with van der Waals surface area (Å²) in [5.74, 6) is 1.49. The minimum Gasteiger partial charge on any atom is -0.493 e. The molecule has 0 aliphatic heterocycles. The molecule has 0 saturated heterocycles. The zero-order chi connectivity index (χ0) is 10.5. The lowest BCUT2D eigenvalue weighted by molar-refractivity contribution is 0.281. The van der Waals surface area contributed by atoms with Gasteiger partial charge < -0.3 is 9.47 Å². The Kier molecular flexibility index (Phi) is 3.19. The van der Waals surface area contributed by atoms with E-state index in [0.29, 0.717) is 6.61 Å². The van der Waals surface area contributed by atoms with Crippen LogP contribution in [0.2, 0.25) is 0 Å². The van der Waals surface area contributed by atoms with Gasteiger partial charge in [-0.3, -0.25) is 0 Å². The van der Waals surface area contributed by atoms with Crippen molar-refractivity contribution in [3.63, 3.8) is 0 Å². The summed E-state index contributed by atoms with van der Waals surface area (Å²) < 4.78 is 10.8. The van der Waals surface area contributed by atoms with Crippen LogP contribution >= 0.6 is 11.3 Å². The Bertz CT molecular complexity index is 414. The first-order chi connectivity index (χ1) is 7.40. The summed E-state index contributed by atoms with van der Waals surface area (Å²) in [4.78, 5) is 4.14. The van der Waals surface area contributed by atoms with Crippen LogP contribution in [-0.4, -0.2) is 12.1 Å². The van der Waals surface area contributed by atoms with Crippen LogP contribution in [-0.2, 0) is 6.61 Å². The van der Waals surface area contributed by atoms with Crippen LogP contribution in [0.3, 0.4) is 0 Å². The zero-order valence-electron chi connectivity index (χ0n) is 8.34. The van der Waals surface area contributed by atoms with Crippen LogP contribution < -0.4 is 9.47 Å². The van der Waals surface area contributed by atoms with Crippen molar-refractivity contribution in [2.75, 3.05) is 7.11 Å². The molecule has 3 nitrogen and oxygen atoms in total. The molecule has 0 aliphatic rings. The summed E-state index contributed by atoms with van der Waals surface area (Å²) in [5, 5.41) is 1.97. The Morgan fingerprint density at radius 1 is 1.27 bits per heavy atom. The molecule has 0 amide bonds. The largest absolute Gasteiger partial charge is 0.493 e. The summed E-state index contributed by atoms with van der Waals surface area (Å²) in [7, 11) is 1.63. The lowest BCUT2D eigenvalue weighted by Gasteiger charge is -2.08. The van der Waals surface area contributed by atoms with Gasteiger partial charge in [-0.1, -0.05) is 12.1 Å². The first kappa shape index (κ1) is 9.98. The van der Waals surface area contributed by atoms with Crippen LogP contribution in [0.5, 0.6) is 11.5 Å². The van der Waals surface area contributed by atoms with Gasteiger partial charge in [-0.15, -0.1) is 11.3 Å². The Hall–Kier alpha value is -1.55. The second kappa shape index (κ2) is 4.79. The fourth-order valence-corrected chi connectivity index (χ4v) is 1.74. The van der Waals surface area contributed by atoms with Crippen molar-refractivity contribution in [1.29, 1.82) is 0 Å². The van der Waals surface area contributed by atoms with Crippen molar-refractivity contribution < 1.29 is 9.47 Å². The summed E-state index contributed by atoms with van der Waals surface area (Å²) in [6.07, 6.45) is 0. The van der Waals surface area contributed by atoms with Crippen molar-refractivity contribution in [3.05, 3.63) is 40.8 Å². The number of rotatable bonds is 4. The molecular formula is C11H11NO2S. The number of hydrogen-bond acceptors (Lipinski definition) is 4. The maximum atomic E-state index is 5.59. The third-order valence-corrected chi connectivity index (χ3v) is 2.56. The lowest BCUT2D eigenvalue weighted by Crippen LogP contribution is -1.97. The van der Waals surface area contributed by atoms with E-state index >= 15 is 0 Å². The van der Waals surface area contributed by atoms with Gasteiger partial charge in [-0.25, -0.2) is 4.98 Å².